The van der Waals surface area contributed by atoms with E-state index in [1.54, 1.807) is 0 Å². The minimum absolute atomic E-state index is 0.140. The van der Waals surface area contributed by atoms with Crippen LogP contribution < -0.4 is 0 Å². The van der Waals surface area contributed by atoms with E-state index in [4.69, 9.17) is 0 Å². The summed E-state index contributed by atoms with van der Waals surface area (Å²) >= 11 is 0. The van der Waals surface area contributed by atoms with Crippen LogP contribution in [0.5, 0.6) is 0 Å². The lowest BCUT2D eigenvalue weighted by Gasteiger charge is -2.57. The zero-order valence-corrected chi connectivity index (χ0v) is 16.9. The first-order valence-corrected chi connectivity index (χ1v) is 11.2. The van der Waals surface area contributed by atoms with Gasteiger partial charge >= 0.3 is 0 Å². The molecule has 0 bridgehead atoms. The molecular formula is C23H40O2. The van der Waals surface area contributed by atoms with Crippen LogP contribution in [0.15, 0.2) is 0 Å². The minimum Gasteiger partial charge on any atom is -0.393 e. The molecule has 0 radical (unpaired) electrons. The van der Waals surface area contributed by atoms with Gasteiger partial charge in [-0.3, -0.25) is 0 Å². The van der Waals surface area contributed by atoms with E-state index in [1.165, 1.54) is 44.9 Å². The lowest BCUT2D eigenvalue weighted by Crippen LogP contribution is -2.52. The molecule has 4 saturated carbocycles. The maximum absolute atomic E-state index is 11.0. The molecule has 4 aliphatic rings. The van der Waals surface area contributed by atoms with Crippen LogP contribution in [-0.2, 0) is 0 Å². The summed E-state index contributed by atoms with van der Waals surface area (Å²) in [5.41, 5.74) is -0.0164. The van der Waals surface area contributed by atoms with Crippen LogP contribution in [0.3, 0.4) is 0 Å². The summed E-state index contributed by atoms with van der Waals surface area (Å²) in [4.78, 5) is 0. The Balaban J connectivity index is 1.52. The number of hydrogen-bond donors (Lipinski definition) is 2. The van der Waals surface area contributed by atoms with Gasteiger partial charge in [-0.05, 0) is 112 Å². The fourth-order valence-electron chi connectivity index (χ4n) is 8.27. The smallest absolute Gasteiger partial charge is 0.0673 e. The monoisotopic (exact) mass is 348 g/mol. The summed E-state index contributed by atoms with van der Waals surface area (Å²) in [5, 5.41) is 21.4. The van der Waals surface area contributed by atoms with Crippen molar-refractivity contribution in [3.63, 3.8) is 0 Å². The molecule has 0 aromatic rings. The normalized spacial score (nSPS) is 53.9. The van der Waals surface area contributed by atoms with E-state index in [1.807, 2.05) is 6.92 Å². The Morgan fingerprint density at radius 2 is 1.56 bits per heavy atom. The predicted octanol–water partition coefficient (Wildman–Crippen LogP) is 5.02. The van der Waals surface area contributed by atoms with Gasteiger partial charge in [-0.1, -0.05) is 20.8 Å². The van der Waals surface area contributed by atoms with E-state index in [-0.39, 0.29) is 6.10 Å². The molecule has 0 aliphatic heterocycles. The van der Waals surface area contributed by atoms with E-state index in [0.29, 0.717) is 17.3 Å². The molecule has 4 fully saturated rings. The molecule has 0 spiro atoms. The van der Waals surface area contributed by atoms with Crippen LogP contribution >= 0.6 is 0 Å². The second-order valence-corrected chi connectivity index (χ2v) is 10.9. The number of rotatable bonds is 2. The van der Waals surface area contributed by atoms with Crippen molar-refractivity contribution in [3.8, 4) is 0 Å². The molecule has 4 aliphatic carbocycles. The topological polar surface area (TPSA) is 40.5 Å². The van der Waals surface area contributed by atoms with Crippen LogP contribution in [0.4, 0.5) is 0 Å². The average Bonchev–Trinajstić information content (AvgIpc) is 2.91. The van der Waals surface area contributed by atoms with Gasteiger partial charge in [0.15, 0.2) is 0 Å². The lowest BCUT2D eigenvalue weighted by molar-refractivity contribution is -0.124. The van der Waals surface area contributed by atoms with Gasteiger partial charge in [0.1, 0.15) is 0 Å². The number of aliphatic hydroxyl groups excluding tert-OH is 1. The summed E-state index contributed by atoms with van der Waals surface area (Å²) in [6.07, 6.45) is 11.2. The first-order valence-electron chi connectivity index (χ1n) is 11.2. The third kappa shape index (κ3) is 2.73. The Morgan fingerprint density at radius 3 is 2.24 bits per heavy atom. The molecule has 0 aromatic carbocycles. The van der Waals surface area contributed by atoms with Gasteiger partial charge in [0.05, 0.1) is 11.7 Å². The van der Waals surface area contributed by atoms with Crippen molar-refractivity contribution >= 4 is 0 Å². The van der Waals surface area contributed by atoms with Crippen LogP contribution in [0, 0.1) is 46.8 Å². The van der Waals surface area contributed by atoms with Gasteiger partial charge in [0.25, 0.3) is 0 Å². The summed E-state index contributed by atoms with van der Waals surface area (Å²) in [7, 11) is 0. The third-order valence-electron chi connectivity index (χ3n) is 9.78. The molecule has 0 amide bonds. The van der Waals surface area contributed by atoms with E-state index < -0.39 is 5.60 Å². The average molecular weight is 349 g/mol. The highest BCUT2D eigenvalue weighted by Gasteiger charge is 2.58. The maximum Gasteiger partial charge on any atom is 0.0673 e. The number of aliphatic hydroxyl groups is 2. The molecule has 0 saturated heterocycles. The molecule has 0 aromatic heterocycles. The molecular weight excluding hydrogens is 308 g/mol. The zero-order valence-electron chi connectivity index (χ0n) is 16.9. The Kier molecular flexibility index (Phi) is 4.56. The predicted molar refractivity (Wildman–Crippen MR) is 102 cm³/mol. The van der Waals surface area contributed by atoms with Gasteiger partial charge in [0.2, 0.25) is 0 Å². The standard InChI is InChI=1S/C23H40O2/c1-14(2)23(25)12-10-17-16(13-23)5-6-19-18(17)9-11-22(4)20(15(3)24)7-8-21(19)22/h14-21,24-25H,5-13H2,1-4H3/t15?,16-,17+,18-,19-,20-,21+,22-,23-/m1/s1. The highest BCUT2D eigenvalue weighted by atomic mass is 16.3. The molecule has 144 valence electrons. The Labute approximate surface area is 154 Å². The summed E-state index contributed by atoms with van der Waals surface area (Å²) in [6.45, 7) is 8.93. The number of hydrogen-bond acceptors (Lipinski definition) is 2. The van der Waals surface area contributed by atoms with E-state index in [9.17, 15) is 10.2 Å². The summed E-state index contributed by atoms with van der Waals surface area (Å²) in [5.74, 6) is 5.19. The largest absolute Gasteiger partial charge is 0.393 e. The van der Waals surface area contributed by atoms with Crippen molar-refractivity contribution in [2.75, 3.05) is 0 Å². The van der Waals surface area contributed by atoms with Crippen molar-refractivity contribution in [3.05, 3.63) is 0 Å². The van der Waals surface area contributed by atoms with Crippen LogP contribution in [-0.4, -0.2) is 21.9 Å². The van der Waals surface area contributed by atoms with Gasteiger partial charge < -0.3 is 10.2 Å². The molecule has 2 heteroatoms. The maximum atomic E-state index is 11.0. The lowest BCUT2D eigenvalue weighted by atomic mass is 9.48. The molecule has 2 N–H and O–H groups in total. The second-order valence-electron chi connectivity index (χ2n) is 10.9. The van der Waals surface area contributed by atoms with Crippen molar-refractivity contribution in [1.29, 1.82) is 0 Å². The van der Waals surface area contributed by atoms with E-state index in [2.05, 4.69) is 20.8 Å². The van der Waals surface area contributed by atoms with Crippen molar-refractivity contribution < 1.29 is 10.2 Å². The van der Waals surface area contributed by atoms with Crippen LogP contribution in [0.1, 0.15) is 85.5 Å². The van der Waals surface area contributed by atoms with Crippen molar-refractivity contribution in [2.24, 2.45) is 46.8 Å². The first-order chi connectivity index (χ1) is 11.8. The second kappa shape index (κ2) is 6.23. The highest BCUT2D eigenvalue weighted by molar-refractivity contribution is 5.07. The molecule has 0 heterocycles. The van der Waals surface area contributed by atoms with Crippen LogP contribution in [0.25, 0.3) is 0 Å². The SMILES string of the molecule is CC(O)[C@H]1CC[C@H]2[C@@H]3CC[C@@H]4C[C@@](O)(C(C)C)CC[C@@H]4[C@H]3CC[C@]12C. The molecule has 1 unspecified atom stereocenters. The molecule has 9 atom stereocenters. The van der Waals surface area contributed by atoms with Gasteiger partial charge in [0, 0.05) is 0 Å². The third-order valence-corrected chi connectivity index (χ3v) is 9.78. The number of fused-ring (bicyclic) bond motifs is 5. The van der Waals surface area contributed by atoms with E-state index in [0.717, 1.165) is 42.4 Å². The fraction of sp³-hybridized carbons (Fsp3) is 1.00. The van der Waals surface area contributed by atoms with Crippen molar-refractivity contribution in [1.82, 2.24) is 0 Å². The summed E-state index contributed by atoms with van der Waals surface area (Å²) < 4.78 is 0. The van der Waals surface area contributed by atoms with Crippen LogP contribution in [0.2, 0.25) is 0 Å². The van der Waals surface area contributed by atoms with Crippen molar-refractivity contribution in [2.45, 2.75) is 97.2 Å². The zero-order chi connectivity index (χ0) is 18.0. The van der Waals surface area contributed by atoms with E-state index >= 15 is 0 Å². The quantitative estimate of drug-likeness (QED) is 0.735. The summed E-state index contributed by atoms with van der Waals surface area (Å²) in [6, 6.07) is 0. The van der Waals surface area contributed by atoms with Gasteiger partial charge in [-0.2, -0.15) is 0 Å². The van der Waals surface area contributed by atoms with Gasteiger partial charge in [-0.25, -0.2) is 0 Å². The fourth-order valence-corrected chi connectivity index (χ4v) is 8.27. The van der Waals surface area contributed by atoms with Gasteiger partial charge in [-0.15, -0.1) is 0 Å². The Bertz CT molecular complexity index is 500. The molecule has 2 nitrogen and oxygen atoms in total. The molecule has 4 rings (SSSR count). The highest BCUT2D eigenvalue weighted by Crippen LogP contribution is 2.65. The minimum atomic E-state index is -0.401. The molecule has 25 heavy (non-hydrogen) atoms. The first kappa shape index (κ1) is 18.3. The Hall–Kier alpha value is -0.0800. The Morgan fingerprint density at radius 1 is 0.840 bits per heavy atom.